The summed E-state index contributed by atoms with van der Waals surface area (Å²) < 4.78 is 6.43. The number of fused-ring (bicyclic) bond motifs is 8. The van der Waals surface area contributed by atoms with Crippen LogP contribution in [0, 0.1) is 0 Å². The largest absolute Gasteiger partial charge is 0.508 e. The van der Waals surface area contributed by atoms with Gasteiger partial charge in [0, 0.05) is 44.3 Å². The second-order valence-electron chi connectivity index (χ2n) is 18.1. The molecule has 0 radical (unpaired) electrons. The van der Waals surface area contributed by atoms with Crippen LogP contribution in [0.4, 0.5) is 0 Å². The molecule has 4 aromatic carbocycles. The van der Waals surface area contributed by atoms with Gasteiger partial charge in [0.05, 0.1) is 29.4 Å². The van der Waals surface area contributed by atoms with Gasteiger partial charge in [-0.05, 0) is 126 Å². The summed E-state index contributed by atoms with van der Waals surface area (Å²) in [5, 5.41) is 32.2. The number of nitrogens with zero attached hydrogens (tertiary/aromatic N) is 2. The smallest absolute Gasteiger partial charge is 0.119 e. The quantitative estimate of drug-likeness (QED) is 0.0485. The molecule has 0 aliphatic carbocycles. The second-order valence-corrected chi connectivity index (χ2v) is 18.1. The fourth-order valence-electron chi connectivity index (χ4n) is 9.63. The summed E-state index contributed by atoms with van der Waals surface area (Å²) in [5.41, 5.74) is 12.7. The van der Waals surface area contributed by atoms with Crippen molar-refractivity contribution in [1.29, 1.82) is 0 Å². The number of phenolic OH excluding ortho intramolecular Hbond substituents is 3. The van der Waals surface area contributed by atoms with Crippen LogP contribution < -0.4 is 4.74 Å². The number of rotatable bonds is 20. The standard InChI is InChI=1S/C60H62N4O4/c1-2-3-4-5-6-7-8-9-10-11-12-13-14-15-36-68-48-27-19-23-44(40-48)60-55-34-32-53(63-55)58(42-21-17-25-46(66)38-42)51-30-28-49(61-51)57(41-20-16-24-45(65)37-41)50-29-31-52(62-50)59(54-33-35-56(60)64-54)43-22-18-26-47(67)39-43/h16-35,37-40,61,64-67H,2-15,36H2,1H3. The van der Waals surface area contributed by atoms with Crippen molar-refractivity contribution >= 4 is 46.4 Å². The molecular formula is C60H62N4O4. The van der Waals surface area contributed by atoms with Gasteiger partial charge in [-0.25, -0.2) is 9.97 Å². The van der Waals surface area contributed by atoms with E-state index in [1.165, 1.54) is 77.0 Å². The summed E-state index contributed by atoms with van der Waals surface area (Å²) in [6.07, 6.45) is 26.5. The van der Waals surface area contributed by atoms with Gasteiger partial charge >= 0.3 is 0 Å². The molecule has 7 aromatic rings. The van der Waals surface area contributed by atoms with Crippen molar-refractivity contribution in [2.45, 2.75) is 96.8 Å². The van der Waals surface area contributed by atoms with Crippen molar-refractivity contribution < 1.29 is 20.1 Å². The van der Waals surface area contributed by atoms with Crippen LogP contribution in [0.3, 0.4) is 0 Å². The normalized spacial score (nSPS) is 12.0. The molecule has 8 heteroatoms. The van der Waals surface area contributed by atoms with Crippen molar-refractivity contribution in [2.75, 3.05) is 6.61 Å². The van der Waals surface area contributed by atoms with Gasteiger partial charge in [0.25, 0.3) is 0 Å². The predicted octanol–water partition coefficient (Wildman–Crippen LogP) is 16.3. The predicted molar refractivity (Wildman–Crippen MR) is 281 cm³/mol. The van der Waals surface area contributed by atoms with E-state index in [0.717, 1.165) is 96.6 Å². The number of unbranched alkanes of at least 4 members (excludes halogenated alkanes) is 13. The number of hydrogen-bond donors (Lipinski definition) is 5. The minimum Gasteiger partial charge on any atom is -0.508 e. The van der Waals surface area contributed by atoms with Gasteiger partial charge in [-0.3, -0.25) is 0 Å². The Bertz CT molecular complexity index is 3060. The number of hydrogen-bond acceptors (Lipinski definition) is 6. The first-order valence-corrected chi connectivity index (χ1v) is 24.7. The van der Waals surface area contributed by atoms with Crippen molar-refractivity contribution in [3.05, 3.63) is 144 Å². The van der Waals surface area contributed by atoms with Crippen LogP contribution in [0.2, 0.25) is 0 Å². The molecule has 0 saturated heterocycles. The van der Waals surface area contributed by atoms with E-state index in [-0.39, 0.29) is 17.2 Å². The molecule has 2 aliphatic rings. The van der Waals surface area contributed by atoms with Crippen molar-refractivity contribution in [1.82, 2.24) is 19.9 Å². The summed E-state index contributed by atoms with van der Waals surface area (Å²) in [4.78, 5) is 18.2. The van der Waals surface area contributed by atoms with Crippen LogP contribution in [0.1, 0.15) is 120 Å². The Morgan fingerprint density at radius 3 is 1.06 bits per heavy atom. The van der Waals surface area contributed by atoms with Crippen LogP contribution >= 0.6 is 0 Å². The lowest BCUT2D eigenvalue weighted by molar-refractivity contribution is 0.304. The number of aromatic amines is 2. The van der Waals surface area contributed by atoms with E-state index >= 15 is 0 Å². The molecule has 0 fully saturated rings. The van der Waals surface area contributed by atoms with Crippen LogP contribution in [-0.2, 0) is 0 Å². The molecule has 346 valence electrons. The molecule has 0 unspecified atom stereocenters. The molecule has 0 amide bonds. The molecule has 8 bridgehead atoms. The maximum absolute atomic E-state index is 10.8. The Balaban J connectivity index is 1.10. The highest BCUT2D eigenvalue weighted by atomic mass is 16.5. The van der Waals surface area contributed by atoms with Crippen molar-refractivity contribution in [2.24, 2.45) is 0 Å². The zero-order valence-electron chi connectivity index (χ0n) is 39.1. The Labute approximate surface area is 399 Å². The van der Waals surface area contributed by atoms with Gasteiger partial charge in [0.2, 0.25) is 0 Å². The van der Waals surface area contributed by atoms with Crippen LogP contribution in [-0.4, -0.2) is 41.9 Å². The summed E-state index contributed by atoms with van der Waals surface area (Å²) in [5.74, 6) is 1.25. The van der Waals surface area contributed by atoms with E-state index < -0.39 is 0 Å². The van der Waals surface area contributed by atoms with E-state index in [1.807, 2.05) is 85.0 Å². The summed E-state index contributed by atoms with van der Waals surface area (Å²) >= 11 is 0. The van der Waals surface area contributed by atoms with Gasteiger partial charge in [-0.1, -0.05) is 139 Å². The Kier molecular flexibility index (Phi) is 14.8. The highest BCUT2D eigenvalue weighted by molar-refractivity contribution is 6.00. The minimum atomic E-state index is 0.140. The number of ether oxygens (including phenoxy) is 1. The van der Waals surface area contributed by atoms with Crippen LogP contribution in [0.5, 0.6) is 23.0 Å². The maximum Gasteiger partial charge on any atom is 0.119 e. The third kappa shape index (κ3) is 10.9. The molecule has 8 nitrogen and oxygen atoms in total. The zero-order valence-corrected chi connectivity index (χ0v) is 39.1. The number of aromatic hydroxyl groups is 3. The average Bonchev–Trinajstić information content (AvgIpc) is 4.19. The lowest BCUT2D eigenvalue weighted by atomic mass is 10.0. The Morgan fingerprint density at radius 1 is 0.382 bits per heavy atom. The fourth-order valence-corrected chi connectivity index (χ4v) is 9.63. The van der Waals surface area contributed by atoms with Crippen molar-refractivity contribution in [3.63, 3.8) is 0 Å². The van der Waals surface area contributed by atoms with Gasteiger partial charge < -0.3 is 30.0 Å². The van der Waals surface area contributed by atoms with Crippen molar-refractivity contribution in [3.8, 4) is 67.5 Å². The molecule has 2 aliphatic heterocycles. The first kappa shape index (κ1) is 45.8. The third-order valence-corrected chi connectivity index (χ3v) is 13.0. The van der Waals surface area contributed by atoms with E-state index in [2.05, 4.69) is 41.2 Å². The summed E-state index contributed by atoms with van der Waals surface area (Å²) in [6, 6.07) is 38.1. The monoisotopic (exact) mass is 902 g/mol. The molecule has 9 rings (SSSR count). The highest BCUT2D eigenvalue weighted by Crippen LogP contribution is 2.40. The SMILES string of the molecule is CCCCCCCCCCCCCCCCOc1cccc(-c2c3nc(c(-c4cccc(O)c4)c4ccc([nH]4)c(-c4cccc(O)c4)c4nc(c(-c5cccc(O)c5)c5ccc2[nH]5)C=C4)C=C3)c1. The number of H-pyrrole nitrogens is 2. The first-order valence-electron chi connectivity index (χ1n) is 24.7. The zero-order chi connectivity index (χ0) is 46.7. The van der Waals surface area contributed by atoms with Gasteiger partial charge in [0.1, 0.15) is 23.0 Å². The summed E-state index contributed by atoms with van der Waals surface area (Å²) in [7, 11) is 0. The van der Waals surface area contributed by atoms with Gasteiger partial charge in [-0.15, -0.1) is 0 Å². The highest BCUT2D eigenvalue weighted by Gasteiger charge is 2.20. The first-order chi connectivity index (χ1) is 33.4. The Hall–Kier alpha value is -7.32. The number of benzene rings is 4. The third-order valence-electron chi connectivity index (χ3n) is 13.0. The number of nitrogens with one attached hydrogen (secondary N) is 2. The molecule has 0 atom stereocenters. The fraction of sp³-hybridized carbons (Fsp3) is 0.267. The lowest BCUT2D eigenvalue weighted by Crippen LogP contribution is -1.97. The van der Waals surface area contributed by atoms with Gasteiger partial charge in [-0.2, -0.15) is 0 Å². The average molecular weight is 903 g/mol. The van der Waals surface area contributed by atoms with E-state index in [9.17, 15) is 15.3 Å². The van der Waals surface area contributed by atoms with E-state index in [4.69, 9.17) is 14.7 Å². The van der Waals surface area contributed by atoms with Crippen LogP contribution in [0.25, 0.3) is 90.9 Å². The number of phenols is 3. The van der Waals surface area contributed by atoms with E-state index in [1.54, 1.807) is 36.4 Å². The second kappa shape index (κ2) is 22.0. The minimum absolute atomic E-state index is 0.140. The van der Waals surface area contributed by atoms with E-state index in [0.29, 0.717) is 18.0 Å². The maximum atomic E-state index is 10.8. The molecular weight excluding hydrogens is 841 g/mol. The topological polar surface area (TPSA) is 127 Å². The molecule has 68 heavy (non-hydrogen) atoms. The summed E-state index contributed by atoms with van der Waals surface area (Å²) in [6.45, 7) is 2.94. The molecule has 0 spiro atoms. The molecule has 0 saturated carbocycles. The molecule has 5 N–H and O–H groups in total. The number of aromatic nitrogens is 4. The lowest BCUT2D eigenvalue weighted by Gasteiger charge is -2.10. The molecule has 5 heterocycles. The van der Waals surface area contributed by atoms with Gasteiger partial charge in [0.15, 0.2) is 0 Å². The molecule has 3 aromatic heterocycles. The Morgan fingerprint density at radius 2 is 0.706 bits per heavy atom. The van der Waals surface area contributed by atoms with Crippen LogP contribution in [0.15, 0.2) is 121 Å².